The van der Waals surface area contributed by atoms with Gasteiger partial charge in [-0.3, -0.25) is 14.6 Å². The predicted molar refractivity (Wildman–Crippen MR) is 115 cm³/mol. The van der Waals surface area contributed by atoms with E-state index in [-0.39, 0.29) is 24.1 Å². The van der Waals surface area contributed by atoms with Gasteiger partial charge >= 0.3 is 5.97 Å². The van der Waals surface area contributed by atoms with Gasteiger partial charge in [0.2, 0.25) is 0 Å². The first-order valence-electron chi connectivity index (χ1n) is 9.90. The number of carbonyl (C=O) groups is 2. The van der Waals surface area contributed by atoms with E-state index < -0.39 is 5.54 Å². The average Bonchev–Trinajstić information content (AvgIpc) is 2.75. The number of rotatable bonds is 6. The maximum absolute atomic E-state index is 12.4. The maximum Gasteiger partial charge on any atom is 0.307 e. The van der Waals surface area contributed by atoms with Gasteiger partial charge in [0.1, 0.15) is 0 Å². The quantitative estimate of drug-likeness (QED) is 0.528. The molecule has 0 heterocycles. The lowest BCUT2D eigenvalue weighted by Gasteiger charge is -2.35. The topological polar surface area (TPSA) is 55.7 Å². The van der Waals surface area contributed by atoms with Crippen LogP contribution >= 0.6 is 0 Å². The first-order valence-corrected chi connectivity index (χ1v) is 9.90. The van der Waals surface area contributed by atoms with Crippen LogP contribution in [0.2, 0.25) is 0 Å². The summed E-state index contributed by atoms with van der Waals surface area (Å²) in [5.74, 6) is -0.274. The molecule has 0 N–H and O–H groups in total. The number of benzene rings is 2. The van der Waals surface area contributed by atoms with Crippen molar-refractivity contribution in [1.29, 1.82) is 0 Å². The van der Waals surface area contributed by atoms with Gasteiger partial charge in [-0.05, 0) is 31.8 Å². The van der Waals surface area contributed by atoms with Crippen LogP contribution in [0.4, 0.5) is 0 Å². The largest absolute Gasteiger partial charge is 0.469 e. The van der Waals surface area contributed by atoms with Gasteiger partial charge in [-0.15, -0.1) is 0 Å². The summed E-state index contributed by atoms with van der Waals surface area (Å²) in [6.45, 7) is 3.81. The third-order valence-corrected chi connectivity index (χ3v) is 5.65. The second-order valence-electron chi connectivity index (χ2n) is 7.75. The Morgan fingerprint density at radius 2 is 1.62 bits per heavy atom. The minimum atomic E-state index is -0.763. The van der Waals surface area contributed by atoms with Crippen LogP contribution in [-0.4, -0.2) is 30.1 Å². The SMILES string of the molecule is COC(=O)CC(C)(N=C(c1ccccc1)c1ccccc1)C1CC=C(C)C(=O)C1. The molecule has 0 fully saturated rings. The molecular weight excluding hydrogens is 362 g/mol. The molecular formula is C25H27NO3. The van der Waals surface area contributed by atoms with Gasteiger partial charge in [0.25, 0.3) is 0 Å². The third kappa shape index (κ3) is 4.89. The number of Topliss-reactive ketones (excluding diaryl/α,β-unsaturated/α-hetero) is 1. The number of esters is 1. The van der Waals surface area contributed by atoms with Crippen LogP contribution in [-0.2, 0) is 14.3 Å². The molecule has 3 rings (SSSR count). The summed E-state index contributed by atoms with van der Waals surface area (Å²) in [4.78, 5) is 29.8. The normalized spacial score (nSPS) is 18.4. The Hall–Kier alpha value is -3.01. The molecule has 0 saturated carbocycles. The zero-order valence-corrected chi connectivity index (χ0v) is 17.2. The van der Waals surface area contributed by atoms with Gasteiger partial charge < -0.3 is 4.74 Å². The van der Waals surface area contributed by atoms with Crippen molar-refractivity contribution in [3.05, 3.63) is 83.4 Å². The molecule has 2 aromatic carbocycles. The first-order chi connectivity index (χ1) is 13.9. The Morgan fingerprint density at radius 3 is 2.10 bits per heavy atom. The summed E-state index contributed by atoms with van der Waals surface area (Å²) in [6.07, 6.45) is 3.19. The van der Waals surface area contributed by atoms with Gasteiger partial charge in [0.15, 0.2) is 5.78 Å². The zero-order valence-electron chi connectivity index (χ0n) is 17.2. The number of carbonyl (C=O) groups excluding carboxylic acids is 2. The van der Waals surface area contributed by atoms with E-state index in [9.17, 15) is 9.59 Å². The van der Waals surface area contributed by atoms with Gasteiger partial charge in [-0.1, -0.05) is 66.7 Å². The number of aliphatic imine (C=N–C) groups is 1. The van der Waals surface area contributed by atoms with Gasteiger partial charge in [-0.2, -0.15) is 0 Å². The number of methoxy groups -OCH3 is 1. The van der Waals surface area contributed by atoms with Crippen molar-refractivity contribution in [1.82, 2.24) is 0 Å². The van der Waals surface area contributed by atoms with Crippen molar-refractivity contribution in [2.45, 2.75) is 38.6 Å². The lowest BCUT2D eigenvalue weighted by Crippen LogP contribution is -2.39. The highest BCUT2D eigenvalue weighted by Gasteiger charge is 2.39. The predicted octanol–water partition coefficient (Wildman–Crippen LogP) is 4.77. The molecule has 4 nitrogen and oxygen atoms in total. The molecule has 0 spiro atoms. The lowest BCUT2D eigenvalue weighted by molar-refractivity contribution is -0.142. The monoisotopic (exact) mass is 389 g/mol. The fourth-order valence-electron chi connectivity index (χ4n) is 3.76. The zero-order chi connectivity index (χ0) is 20.9. The minimum absolute atomic E-state index is 0.0692. The molecule has 2 atom stereocenters. The Bertz CT molecular complexity index is 890. The lowest BCUT2D eigenvalue weighted by atomic mass is 9.74. The standard InChI is InChI=1S/C25H27NO3/c1-18-14-15-21(16-22(18)27)25(2,17-23(28)29-3)26-24(19-10-6-4-7-11-19)20-12-8-5-9-13-20/h4-14,21H,15-17H2,1-3H3. The van der Waals surface area contributed by atoms with Crippen LogP contribution in [0.5, 0.6) is 0 Å². The number of ether oxygens (including phenoxy) is 1. The van der Waals surface area contributed by atoms with Gasteiger partial charge in [-0.25, -0.2) is 0 Å². The van der Waals surface area contributed by atoms with E-state index in [0.717, 1.165) is 22.4 Å². The molecule has 4 heteroatoms. The van der Waals surface area contributed by atoms with Crippen molar-refractivity contribution < 1.29 is 14.3 Å². The van der Waals surface area contributed by atoms with Crippen LogP contribution in [0.1, 0.15) is 44.2 Å². The molecule has 0 radical (unpaired) electrons. The van der Waals surface area contributed by atoms with Crippen molar-refractivity contribution in [2.75, 3.05) is 7.11 Å². The summed E-state index contributed by atoms with van der Waals surface area (Å²) in [5, 5.41) is 0. The number of hydrogen-bond donors (Lipinski definition) is 0. The first kappa shape index (κ1) is 20.7. The molecule has 2 aromatic rings. The van der Waals surface area contributed by atoms with E-state index in [2.05, 4.69) is 0 Å². The Labute approximate surface area is 172 Å². The van der Waals surface area contributed by atoms with Gasteiger partial charge in [0, 0.05) is 17.5 Å². The Kier molecular flexibility index (Phi) is 6.42. The maximum atomic E-state index is 12.4. The molecule has 0 bridgehead atoms. The van der Waals surface area contributed by atoms with Crippen molar-refractivity contribution >= 4 is 17.5 Å². The second kappa shape index (κ2) is 8.99. The van der Waals surface area contributed by atoms with Crippen LogP contribution in [0.3, 0.4) is 0 Å². The number of nitrogens with zero attached hydrogens (tertiary/aromatic N) is 1. The number of ketones is 1. The van der Waals surface area contributed by atoms with E-state index >= 15 is 0 Å². The summed E-state index contributed by atoms with van der Waals surface area (Å²) >= 11 is 0. The molecule has 150 valence electrons. The Morgan fingerprint density at radius 1 is 1.07 bits per heavy atom. The van der Waals surface area contributed by atoms with E-state index in [4.69, 9.17) is 9.73 Å². The average molecular weight is 389 g/mol. The summed E-state index contributed by atoms with van der Waals surface area (Å²) in [6, 6.07) is 19.9. The number of allylic oxidation sites excluding steroid dienone is 2. The van der Waals surface area contributed by atoms with Crippen molar-refractivity contribution in [3.63, 3.8) is 0 Å². The highest BCUT2D eigenvalue weighted by molar-refractivity contribution is 6.13. The molecule has 0 saturated heterocycles. The molecule has 0 amide bonds. The van der Waals surface area contributed by atoms with Gasteiger partial charge in [0.05, 0.1) is 24.8 Å². The fraction of sp³-hybridized carbons (Fsp3) is 0.320. The van der Waals surface area contributed by atoms with E-state index in [1.165, 1.54) is 7.11 Å². The summed E-state index contributed by atoms with van der Waals surface area (Å²) in [7, 11) is 1.39. The highest BCUT2D eigenvalue weighted by Crippen LogP contribution is 2.37. The van der Waals surface area contributed by atoms with E-state index in [0.29, 0.717) is 12.8 Å². The molecule has 1 aliphatic carbocycles. The van der Waals surface area contributed by atoms with Crippen molar-refractivity contribution in [3.8, 4) is 0 Å². The number of hydrogen-bond acceptors (Lipinski definition) is 4. The summed E-state index contributed by atoms with van der Waals surface area (Å²) in [5.41, 5.74) is 2.79. The van der Waals surface area contributed by atoms with Crippen LogP contribution < -0.4 is 0 Å². The molecule has 0 aromatic heterocycles. The van der Waals surface area contributed by atoms with Crippen LogP contribution in [0.15, 0.2) is 77.3 Å². The summed E-state index contributed by atoms with van der Waals surface area (Å²) < 4.78 is 4.97. The fourth-order valence-corrected chi connectivity index (χ4v) is 3.76. The Balaban J connectivity index is 2.12. The molecule has 2 unspecified atom stereocenters. The molecule has 1 aliphatic rings. The van der Waals surface area contributed by atoms with Crippen LogP contribution in [0.25, 0.3) is 0 Å². The van der Waals surface area contributed by atoms with E-state index in [1.807, 2.05) is 80.6 Å². The van der Waals surface area contributed by atoms with Crippen molar-refractivity contribution in [2.24, 2.45) is 10.9 Å². The molecule has 0 aliphatic heterocycles. The molecule has 29 heavy (non-hydrogen) atoms. The van der Waals surface area contributed by atoms with E-state index in [1.54, 1.807) is 0 Å². The highest BCUT2D eigenvalue weighted by atomic mass is 16.5. The van der Waals surface area contributed by atoms with Crippen LogP contribution in [0, 0.1) is 5.92 Å². The third-order valence-electron chi connectivity index (χ3n) is 5.65. The minimum Gasteiger partial charge on any atom is -0.469 e. The smallest absolute Gasteiger partial charge is 0.307 e. The second-order valence-corrected chi connectivity index (χ2v) is 7.75.